The summed E-state index contributed by atoms with van der Waals surface area (Å²) >= 11 is 0. The van der Waals surface area contributed by atoms with E-state index in [1.165, 1.54) is 12.2 Å². The van der Waals surface area contributed by atoms with E-state index in [-0.39, 0.29) is 18.8 Å². The molecular weight excluding hydrogens is 326 g/mol. The highest BCUT2D eigenvalue weighted by Crippen LogP contribution is 2.32. The van der Waals surface area contributed by atoms with E-state index < -0.39 is 11.9 Å². The van der Waals surface area contributed by atoms with Gasteiger partial charge in [0.1, 0.15) is 0 Å². The maximum absolute atomic E-state index is 9.73. The molecule has 4 N–H and O–H groups in total. The van der Waals surface area contributed by atoms with Gasteiger partial charge in [0, 0.05) is 37.3 Å². The van der Waals surface area contributed by atoms with Crippen molar-refractivity contribution < 1.29 is 30.0 Å². The first-order valence-electron chi connectivity index (χ1n) is 8.37. The Morgan fingerprint density at radius 2 is 1.40 bits per heavy atom. The maximum atomic E-state index is 9.73. The molecule has 3 unspecified atom stereocenters. The van der Waals surface area contributed by atoms with Crippen LogP contribution in [0.2, 0.25) is 0 Å². The summed E-state index contributed by atoms with van der Waals surface area (Å²) in [4.78, 5) is 21.8. The van der Waals surface area contributed by atoms with Gasteiger partial charge in [-0.2, -0.15) is 0 Å². The summed E-state index contributed by atoms with van der Waals surface area (Å²) < 4.78 is 0. The average molecular weight is 357 g/mol. The summed E-state index contributed by atoms with van der Waals surface area (Å²) in [6, 6.07) is 0.264. The molecule has 7 nitrogen and oxygen atoms in total. The molecule has 2 aliphatic heterocycles. The molecule has 0 aromatic heterocycles. The number of carboxylic acids is 2. The van der Waals surface area contributed by atoms with Crippen LogP contribution < -0.4 is 0 Å². The number of hydrogen-bond acceptors (Lipinski definition) is 5. The van der Waals surface area contributed by atoms with Crippen molar-refractivity contribution in [3.8, 4) is 0 Å². The van der Waals surface area contributed by atoms with Crippen molar-refractivity contribution >= 4 is 11.9 Å². The molecule has 3 atom stereocenters. The lowest BCUT2D eigenvalue weighted by atomic mass is 9.97. The predicted octanol–water partition coefficient (Wildman–Crippen LogP) is 1.51. The Hall–Kier alpha value is -1.70. The van der Waals surface area contributed by atoms with Crippen LogP contribution in [0.1, 0.15) is 40.5 Å². The Labute approximate surface area is 149 Å². The molecule has 25 heavy (non-hydrogen) atoms. The van der Waals surface area contributed by atoms with Gasteiger partial charge >= 0.3 is 11.9 Å². The van der Waals surface area contributed by atoms with E-state index in [4.69, 9.17) is 15.3 Å². The monoisotopic (exact) mass is 357 g/mol. The molecule has 0 bridgehead atoms. The number of allylic oxidation sites excluding steroid dienone is 2. The van der Waals surface area contributed by atoms with E-state index in [9.17, 15) is 14.7 Å². The minimum atomic E-state index is -0.875. The Balaban J connectivity index is 0.000000366. The van der Waals surface area contributed by atoms with Gasteiger partial charge in [-0.1, -0.05) is 11.1 Å². The normalized spacial score (nSPS) is 24.0. The first-order chi connectivity index (χ1) is 11.6. The van der Waals surface area contributed by atoms with Crippen molar-refractivity contribution in [1.29, 1.82) is 0 Å². The number of nitrogens with zero attached hydrogens (tertiary/aromatic N) is 1. The third-order valence-electron chi connectivity index (χ3n) is 3.86. The molecular formula is C18H31NO6. The first kappa shape index (κ1) is 23.3. The van der Waals surface area contributed by atoms with Crippen molar-refractivity contribution in [1.82, 2.24) is 4.90 Å². The van der Waals surface area contributed by atoms with Crippen LogP contribution in [-0.4, -0.2) is 69.1 Å². The molecule has 0 aromatic carbocycles. The Kier molecular flexibility index (Phi) is 11.0. The highest BCUT2D eigenvalue weighted by Gasteiger charge is 2.42. The summed E-state index contributed by atoms with van der Waals surface area (Å²) in [6.07, 6.45) is 4.09. The molecule has 2 aliphatic rings. The van der Waals surface area contributed by atoms with Gasteiger partial charge in [-0.25, -0.2) is 9.59 Å². The molecule has 0 amide bonds. The van der Waals surface area contributed by atoms with E-state index in [1.807, 2.05) is 0 Å². The van der Waals surface area contributed by atoms with Gasteiger partial charge in [0.15, 0.2) is 0 Å². The molecule has 2 saturated heterocycles. The largest absolute Gasteiger partial charge is 0.478 e. The fraction of sp³-hybridized carbons (Fsp3) is 0.667. The summed E-state index contributed by atoms with van der Waals surface area (Å²) in [5.41, 5.74) is 1.63. The van der Waals surface area contributed by atoms with Gasteiger partial charge in [0.05, 0.1) is 6.10 Å². The zero-order valence-electron chi connectivity index (χ0n) is 15.5. The highest BCUT2D eigenvalue weighted by molar-refractivity contribution is 5.80. The van der Waals surface area contributed by atoms with Crippen LogP contribution >= 0.6 is 0 Å². The Morgan fingerprint density at radius 1 is 0.960 bits per heavy atom. The number of aliphatic carboxylic acids is 2. The summed E-state index contributed by atoms with van der Waals surface area (Å²) in [6.45, 7) is 9.29. The van der Waals surface area contributed by atoms with E-state index >= 15 is 0 Å². The van der Waals surface area contributed by atoms with Gasteiger partial charge in [-0.3, -0.25) is 4.90 Å². The number of carboxylic acid groups (broad SMARTS) is 2. The fourth-order valence-electron chi connectivity index (χ4n) is 2.93. The summed E-state index contributed by atoms with van der Waals surface area (Å²) in [5, 5.41) is 34.6. The third-order valence-corrected chi connectivity index (χ3v) is 3.86. The number of rotatable bonds is 3. The highest BCUT2D eigenvalue weighted by atomic mass is 16.4. The van der Waals surface area contributed by atoms with Gasteiger partial charge in [-0.05, 0) is 47.1 Å². The number of aliphatic hydroxyl groups excluding tert-OH is 2. The van der Waals surface area contributed by atoms with Crippen LogP contribution in [0.5, 0.6) is 0 Å². The maximum Gasteiger partial charge on any atom is 0.328 e. The zero-order chi connectivity index (χ0) is 19.6. The Morgan fingerprint density at radius 3 is 1.72 bits per heavy atom. The topological polar surface area (TPSA) is 118 Å². The van der Waals surface area contributed by atoms with Crippen molar-refractivity contribution in [2.45, 2.75) is 52.7 Å². The fourth-order valence-corrected chi connectivity index (χ4v) is 2.93. The predicted molar refractivity (Wildman–Crippen MR) is 95.3 cm³/mol. The van der Waals surface area contributed by atoms with E-state index in [1.54, 1.807) is 27.7 Å². The molecule has 2 heterocycles. The van der Waals surface area contributed by atoms with Gasteiger partial charge in [0.25, 0.3) is 0 Å². The lowest BCUT2D eigenvalue weighted by Gasteiger charge is -2.21. The number of aliphatic hydroxyl groups is 2. The van der Waals surface area contributed by atoms with E-state index in [0.29, 0.717) is 5.92 Å². The molecule has 2 rings (SSSR count). The Bertz CT molecular complexity index is 464. The molecule has 7 heteroatoms. The number of carbonyl (C=O) groups is 2. The standard InChI is InChI=1S/C8H15NO2.2C5H8O2/c10-5-6-1-3-9-4-2-7(11)8(6)9;2*1-4(2)3-5(6)7/h6-8,10-11H,1-5H2;2*3H,1-2H3,(H,6,7). The lowest BCUT2D eigenvalue weighted by molar-refractivity contribution is -0.132. The van der Waals surface area contributed by atoms with Crippen molar-refractivity contribution in [3.05, 3.63) is 23.3 Å². The van der Waals surface area contributed by atoms with Crippen LogP contribution in [0.25, 0.3) is 0 Å². The minimum absolute atomic E-state index is 0.186. The van der Waals surface area contributed by atoms with Crippen molar-refractivity contribution in [3.63, 3.8) is 0 Å². The second-order valence-corrected chi connectivity index (χ2v) is 6.73. The zero-order valence-corrected chi connectivity index (χ0v) is 15.5. The molecule has 0 saturated carbocycles. The molecule has 144 valence electrons. The quantitative estimate of drug-likeness (QED) is 0.565. The van der Waals surface area contributed by atoms with E-state index in [0.717, 1.165) is 37.1 Å². The molecule has 0 radical (unpaired) electrons. The minimum Gasteiger partial charge on any atom is -0.478 e. The van der Waals surface area contributed by atoms with Crippen molar-refractivity contribution in [2.75, 3.05) is 19.7 Å². The van der Waals surface area contributed by atoms with Crippen LogP contribution in [0, 0.1) is 5.92 Å². The summed E-state index contributed by atoms with van der Waals surface area (Å²) in [5.74, 6) is -1.42. The van der Waals surface area contributed by atoms with Gasteiger partial charge < -0.3 is 20.4 Å². The first-order valence-corrected chi connectivity index (χ1v) is 8.37. The molecule has 0 aromatic rings. The second kappa shape index (κ2) is 11.8. The second-order valence-electron chi connectivity index (χ2n) is 6.73. The van der Waals surface area contributed by atoms with Crippen molar-refractivity contribution in [2.24, 2.45) is 5.92 Å². The SMILES string of the molecule is CC(C)=CC(=O)O.CC(C)=CC(=O)O.OCC1CCN2CCC(O)C12. The molecule has 0 aliphatic carbocycles. The van der Waals surface area contributed by atoms with Crippen LogP contribution in [0.15, 0.2) is 23.3 Å². The lowest BCUT2D eigenvalue weighted by Crippen LogP contribution is -2.35. The molecule has 0 spiro atoms. The number of fused-ring (bicyclic) bond motifs is 1. The van der Waals surface area contributed by atoms with Gasteiger partial charge in [0.2, 0.25) is 0 Å². The van der Waals surface area contributed by atoms with E-state index in [2.05, 4.69) is 4.90 Å². The van der Waals surface area contributed by atoms with Crippen LogP contribution in [0.4, 0.5) is 0 Å². The smallest absolute Gasteiger partial charge is 0.328 e. The van der Waals surface area contributed by atoms with Crippen LogP contribution in [0.3, 0.4) is 0 Å². The average Bonchev–Trinajstić information content (AvgIpc) is 3.00. The summed E-state index contributed by atoms with van der Waals surface area (Å²) in [7, 11) is 0. The molecule has 2 fully saturated rings. The van der Waals surface area contributed by atoms with Gasteiger partial charge in [-0.15, -0.1) is 0 Å². The third kappa shape index (κ3) is 10.0. The van der Waals surface area contributed by atoms with Crippen LogP contribution in [-0.2, 0) is 9.59 Å². The number of hydrogen-bond donors (Lipinski definition) is 4.